The highest BCUT2D eigenvalue weighted by Gasteiger charge is 2.52. The Kier molecular flexibility index (Phi) is 3.08. The van der Waals surface area contributed by atoms with Crippen molar-refractivity contribution in [2.75, 3.05) is 32.7 Å². The predicted octanol–water partition coefficient (Wildman–Crippen LogP) is 2.61. The van der Waals surface area contributed by atoms with Crippen molar-refractivity contribution >= 4 is 0 Å². The number of hydrogen-bond acceptors (Lipinski definition) is 2. The maximum Gasteiger partial charge on any atom is 0.126 e. The zero-order valence-electron chi connectivity index (χ0n) is 11.9. The average Bonchev–Trinajstić information content (AvgIpc) is 2.90. The van der Waals surface area contributed by atoms with Crippen molar-refractivity contribution in [2.24, 2.45) is 11.3 Å². The Labute approximate surface area is 120 Å². The van der Waals surface area contributed by atoms with Gasteiger partial charge in [0.2, 0.25) is 0 Å². The number of piperidine rings is 2. The van der Waals surface area contributed by atoms with E-state index in [1.165, 1.54) is 38.9 Å². The van der Waals surface area contributed by atoms with Crippen LogP contribution in [-0.4, -0.2) is 37.6 Å². The van der Waals surface area contributed by atoms with Gasteiger partial charge in [0.15, 0.2) is 0 Å². The van der Waals surface area contributed by atoms with Gasteiger partial charge >= 0.3 is 0 Å². The molecule has 1 spiro atoms. The molecule has 3 aliphatic rings. The minimum atomic E-state index is -0.0130. The van der Waals surface area contributed by atoms with Gasteiger partial charge in [-0.05, 0) is 61.9 Å². The number of rotatable bonds is 1. The number of nitrogens with zero attached hydrogens (tertiary/aromatic N) is 1. The Morgan fingerprint density at radius 3 is 3.00 bits per heavy atom. The number of nitrogens with one attached hydrogen (secondary N) is 1. The summed E-state index contributed by atoms with van der Waals surface area (Å²) in [5, 5.41) is 3.51. The molecule has 3 heterocycles. The van der Waals surface area contributed by atoms with Crippen LogP contribution in [0.25, 0.3) is 0 Å². The molecule has 1 aromatic carbocycles. The van der Waals surface area contributed by atoms with Gasteiger partial charge < -0.3 is 10.2 Å². The van der Waals surface area contributed by atoms with Crippen LogP contribution < -0.4 is 5.32 Å². The molecule has 0 aliphatic carbocycles. The smallest absolute Gasteiger partial charge is 0.126 e. The fraction of sp³-hybridized carbons (Fsp3) is 0.647. The minimum absolute atomic E-state index is 0.0130. The Morgan fingerprint density at radius 2 is 2.10 bits per heavy atom. The van der Waals surface area contributed by atoms with Crippen molar-refractivity contribution < 1.29 is 4.39 Å². The van der Waals surface area contributed by atoms with Gasteiger partial charge in [-0.1, -0.05) is 18.2 Å². The highest BCUT2D eigenvalue weighted by Crippen LogP contribution is 2.54. The van der Waals surface area contributed by atoms with E-state index in [4.69, 9.17) is 0 Å². The van der Waals surface area contributed by atoms with Crippen LogP contribution in [0.2, 0.25) is 0 Å². The first-order valence-electron chi connectivity index (χ1n) is 7.97. The fourth-order valence-corrected chi connectivity index (χ4v) is 4.99. The Balaban J connectivity index is 1.74. The quantitative estimate of drug-likeness (QED) is 0.847. The lowest BCUT2D eigenvalue weighted by Crippen LogP contribution is -2.52. The van der Waals surface area contributed by atoms with E-state index in [1.54, 1.807) is 12.1 Å². The van der Waals surface area contributed by atoms with E-state index in [9.17, 15) is 4.39 Å². The van der Waals surface area contributed by atoms with Crippen LogP contribution in [0.3, 0.4) is 0 Å². The third kappa shape index (κ3) is 1.83. The third-order valence-corrected chi connectivity index (χ3v) is 6.07. The van der Waals surface area contributed by atoms with Crippen molar-refractivity contribution in [3.05, 3.63) is 35.6 Å². The summed E-state index contributed by atoms with van der Waals surface area (Å²) < 4.78 is 14.3. The van der Waals surface area contributed by atoms with Crippen LogP contribution in [0, 0.1) is 17.2 Å². The summed E-state index contributed by atoms with van der Waals surface area (Å²) in [5.74, 6) is 1.10. The van der Waals surface area contributed by atoms with Gasteiger partial charge in [0, 0.05) is 19.0 Å². The molecule has 20 heavy (non-hydrogen) atoms. The number of benzene rings is 1. The molecular formula is C17H23FN2. The summed E-state index contributed by atoms with van der Waals surface area (Å²) >= 11 is 0. The van der Waals surface area contributed by atoms with Crippen molar-refractivity contribution in [3.8, 4) is 0 Å². The van der Waals surface area contributed by atoms with Crippen molar-refractivity contribution in [1.29, 1.82) is 0 Å². The maximum absolute atomic E-state index is 14.3. The highest BCUT2D eigenvalue weighted by atomic mass is 19.1. The molecule has 0 amide bonds. The Bertz CT molecular complexity index is 504. The van der Waals surface area contributed by atoms with Gasteiger partial charge in [-0.2, -0.15) is 0 Å². The van der Waals surface area contributed by atoms with Crippen molar-refractivity contribution in [2.45, 2.75) is 25.2 Å². The van der Waals surface area contributed by atoms with Gasteiger partial charge in [-0.25, -0.2) is 4.39 Å². The summed E-state index contributed by atoms with van der Waals surface area (Å²) in [6.07, 6.45) is 3.77. The first-order valence-corrected chi connectivity index (χ1v) is 7.97. The first kappa shape index (κ1) is 12.8. The molecule has 1 N–H and O–H groups in total. The van der Waals surface area contributed by atoms with Crippen LogP contribution in [0.1, 0.15) is 30.7 Å². The molecular weight excluding hydrogens is 251 g/mol. The second kappa shape index (κ2) is 4.81. The number of fused-ring (bicyclic) bond motifs is 3. The lowest BCUT2D eigenvalue weighted by Gasteiger charge is -2.51. The topological polar surface area (TPSA) is 15.3 Å². The average molecular weight is 274 g/mol. The van der Waals surface area contributed by atoms with Gasteiger partial charge in [-0.15, -0.1) is 0 Å². The Morgan fingerprint density at radius 1 is 1.20 bits per heavy atom. The van der Waals surface area contributed by atoms with Crippen LogP contribution in [0.4, 0.5) is 4.39 Å². The minimum Gasteiger partial charge on any atom is -0.316 e. The normalized spacial score (nSPS) is 40.1. The largest absolute Gasteiger partial charge is 0.316 e. The molecule has 3 saturated heterocycles. The van der Waals surface area contributed by atoms with Gasteiger partial charge in [0.1, 0.15) is 5.82 Å². The summed E-state index contributed by atoms with van der Waals surface area (Å²) in [7, 11) is 0. The maximum atomic E-state index is 14.3. The van der Waals surface area contributed by atoms with Gasteiger partial charge in [0.05, 0.1) is 0 Å². The van der Waals surface area contributed by atoms with Gasteiger partial charge in [-0.3, -0.25) is 0 Å². The molecule has 3 aliphatic heterocycles. The Hall–Kier alpha value is -0.930. The second-order valence-corrected chi connectivity index (χ2v) is 6.80. The van der Waals surface area contributed by atoms with Crippen LogP contribution in [-0.2, 0) is 0 Å². The lowest BCUT2D eigenvalue weighted by atomic mass is 9.58. The number of halogens is 1. The zero-order chi connectivity index (χ0) is 13.6. The summed E-state index contributed by atoms with van der Waals surface area (Å²) in [4.78, 5) is 2.59. The molecule has 4 unspecified atom stereocenters. The van der Waals surface area contributed by atoms with E-state index in [1.807, 2.05) is 12.1 Å². The lowest BCUT2D eigenvalue weighted by molar-refractivity contribution is 0.0317. The predicted molar refractivity (Wildman–Crippen MR) is 78.2 cm³/mol. The molecule has 0 aromatic heterocycles. The molecule has 3 heteroatoms. The molecule has 108 valence electrons. The molecule has 0 radical (unpaired) electrons. The van der Waals surface area contributed by atoms with E-state index >= 15 is 0 Å². The summed E-state index contributed by atoms with van der Waals surface area (Å²) in [6, 6.07) is 7.43. The molecule has 4 rings (SSSR count). The van der Waals surface area contributed by atoms with Gasteiger partial charge in [0.25, 0.3) is 0 Å². The first-order chi connectivity index (χ1) is 9.79. The van der Waals surface area contributed by atoms with E-state index in [2.05, 4.69) is 10.2 Å². The molecule has 0 saturated carbocycles. The summed E-state index contributed by atoms with van der Waals surface area (Å²) in [6.45, 7) is 5.75. The monoisotopic (exact) mass is 274 g/mol. The SMILES string of the molecule is Fc1ccccc1C1CNCCC12CCN1CCC2C1. The standard InChI is InChI=1S/C17H23FN2/c18-16-4-2-1-3-14(16)15-11-19-8-6-17(15)7-10-20-9-5-13(17)12-20/h1-4,13,15,19H,5-12H2. The number of hydrogen-bond donors (Lipinski definition) is 1. The van der Waals surface area contributed by atoms with Crippen molar-refractivity contribution in [3.63, 3.8) is 0 Å². The van der Waals surface area contributed by atoms with Crippen LogP contribution in [0.15, 0.2) is 24.3 Å². The van der Waals surface area contributed by atoms with E-state index in [0.717, 1.165) is 24.6 Å². The highest BCUT2D eigenvalue weighted by molar-refractivity contribution is 5.27. The van der Waals surface area contributed by atoms with E-state index in [-0.39, 0.29) is 5.82 Å². The van der Waals surface area contributed by atoms with Crippen LogP contribution in [0.5, 0.6) is 0 Å². The van der Waals surface area contributed by atoms with E-state index < -0.39 is 0 Å². The fourth-order valence-electron chi connectivity index (χ4n) is 4.99. The molecule has 3 fully saturated rings. The molecule has 4 atom stereocenters. The molecule has 2 bridgehead atoms. The zero-order valence-corrected chi connectivity index (χ0v) is 11.9. The van der Waals surface area contributed by atoms with Crippen molar-refractivity contribution in [1.82, 2.24) is 10.2 Å². The van der Waals surface area contributed by atoms with E-state index in [0.29, 0.717) is 11.3 Å². The second-order valence-electron chi connectivity index (χ2n) is 6.80. The van der Waals surface area contributed by atoms with Crippen LogP contribution >= 0.6 is 0 Å². The summed E-state index contributed by atoms with van der Waals surface area (Å²) in [5.41, 5.74) is 1.28. The molecule has 2 nitrogen and oxygen atoms in total. The third-order valence-electron chi connectivity index (χ3n) is 6.07. The molecule has 1 aromatic rings.